The van der Waals surface area contributed by atoms with Crippen LogP contribution in [0.3, 0.4) is 0 Å². The Balaban J connectivity index is 2.61. The first-order chi connectivity index (χ1) is 7.50. The second-order valence-corrected chi connectivity index (χ2v) is 4.88. The van der Waals surface area contributed by atoms with Crippen LogP contribution in [0.2, 0.25) is 5.02 Å². The monoisotopic (exact) mass is 239 g/mol. The summed E-state index contributed by atoms with van der Waals surface area (Å²) in [5, 5.41) is 0.632. The predicted molar refractivity (Wildman–Crippen MR) is 67.6 cm³/mol. The summed E-state index contributed by atoms with van der Waals surface area (Å²) in [7, 11) is 0. The van der Waals surface area contributed by atoms with Gasteiger partial charge in [-0.15, -0.1) is 0 Å². The summed E-state index contributed by atoms with van der Waals surface area (Å²) in [5.41, 5.74) is 6.68. The third kappa shape index (κ3) is 3.95. The minimum atomic E-state index is -0.378. The molecule has 1 rings (SSSR count). The number of Topliss-reactive ketones (excluding diaryl/α,β-unsaturated/α-hetero) is 1. The second kappa shape index (κ2) is 6.02. The highest BCUT2D eigenvalue weighted by Gasteiger charge is 2.16. The number of carbonyl (C=O) groups excluding carboxylic acids is 1. The Morgan fingerprint density at radius 3 is 2.56 bits per heavy atom. The molecule has 0 heterocycles. The number of nitrogens with two attached hydrogens (primary N) is 1. The molecule has 0 saturated heterocycles. The summed E-state index contributed by atoms with van der Waals surface area (Å²) >= 11 is 5.99. The van der Waals surface area contributed by atoms with Crippen LogP contribution in [0.5, 0.6) is 0 Å². The van der Waals surface area contributed by atoms with Gasteiger partial charge in [0.1, 0.15) is 0 Å². The SMILES string of the molecule is CC(C)CC(N)C(=O)Cc1ccccc1Cl. The molecule has 16 heavy (non-hydrogen) atoms. The maximum absolute atomic E-state index is 11.8. The molecule has 1 aromatic rings. The molecule has 0 aliphatic rings. The average Bonchev–Trinajstić information content (AvgIpc) is 2.20. The number of rotatable bonds is 5. The van der Waals surface area contributed by atoms with Crippen LogP contribution in [0.1, 0.15) is 25.8 Å². The van der Waals surface area contributed by atoms with E-state index in [1.807, 2.05) is 18.2 Å². The van der Waals surface area contributed by atoms with Gasteiger partial charge in [0.2, 0.25) is 0 Å². The van der Waals surface area contributed by atoms with Crippen molar-refractivity contribution in [3.05, 3.63) is 34.9 Å². The summed E-state index contributed by atoms with van der Waals surface area (Å²) in [4.78, 5) is 11.8. The van der Waals surface area contributed by atoms with E-state index in [1.54, 1.807) is 6.07 Å². The number of hydrogen-bond acceptors (Lipinski definition) is 2. The molecule has 1 aromatic carbocycles. The molecule has 0 spiro atoms. The van der Waals surface area contributed by atoms with Crippen molar-refractivity contribution in [2.45, 2.75) is 32.7 Å². The lowest BCUT2D eigenvalue weighted by Crippen LogP contribution is -2.33. The van der Waals surface area contributed by atoms with Crippen LogP contribution in [0.4, 0.5) is 0 Å². The Morgan fingerprint density at radius 1 is 1.38 bits per heavy atom. The number of halogens is 1. The Bertz CT molecular complexity index is 363. The van der Waals surface area contributed by atoms with Gasteiger partial charge in [-0.3, -0.25) is 4.79 Å². The lowest BCUT2D eigenvalue weighted by atomic mass is 9.97. The fourth-order valence-electron chi connectivity index (χ4n) is 1.60. The van der Waals surface area contributed by atoms with Crippen LogP contribution in [0.25, 0.3) is 0 Å². The molecular formula is C13H18ClNO. The van der Waals surface area contributed by atoms with Crippen LogP contribution in [0, 0.1) is 5.92 Å². The van der Waals surface area contributed by atoms with E-state index in [0.29, 0.717) is 17.4 Å². The van der Waals surface area contributed by atoms with Crippen LogP contribution >= 0.6 is 11.6 Å². The van der Waals surface area contributed by atoms with Gasteiger partial charge in [-0.05, 0) is 24.0 Å². The van der Waals surface area contributed by atoms with Gasteiger partial charge in [0.05, 0.1) is 6.04 Å². The van der Waals surface area contributed by atoms with Crippen molar-refractivity contribution >= 4 is 17.4 Å². The maximum atomic E-state index is 11.8. The van der Waals surface area contributed by atoms with Crippen molar-refractivity contribution in [1.82, 2.24) is 0 Å². The van der Waals surface area contributed by atoms with Gasteiger partial charge in [0.25, 0.3) is 0 Å². The molecule has 0 amide bonds. The fraction of sp³-hybridized carbons (Fsp3) is 0.462. The topological polar surface area (TPSA) is 43.1 Å². The Kier molecular flexibility index (Phi) is 4.97. The molecule has 2 N–H and O–H groups in total. The van der Waals surface area contributed by atoms with E-state index in [1.165, 1.54) is 0 Å². The highest BCUT2D eigenvalue weighted by atomic mass is 35.5. The van der Waals surface area contributed by atoms with Crippen molar-refractivity contribution in [3.8, 4) is 0 Å². The number of ketones is 1. The summed E-state index contributed by atoms with van der Waals surface area (Å²) in [6, 6.07) is 7.00. The Hall–Kier alpha value is -0.860. The van der Waals surface area contributed by atoms with Crippen LogP contribution < -0.4 is 5.73 Å². The smallest absolute Gasteiger partial charge is 0.153 e. The van der Waals surface area contributed by atoms with Crippen LogP contribution in [-0.2, 0) is 11.2 Å². The minimum absolute atomic E-state index is 0.0572. The Labute approximate surface area is 102 Å². The predicted octanol–water partition coefficient (Wildman–Crippen LogP) is 2.83. The molecule has 0 bridgehead atoms. The van der Waals surface area contributed by atoms with E-state index >= 15 is 0 Å². The van der Waals surface area contributed by atoms with Gasteiger partial charge in [0.15, 0.2) is 5.78 Å². The highest BCUT2D eigenvalue weighted by molar-refractivity contribution is 6.31. The van der Waals surface area contributed by atoms with Crippen molar-refractivity contribution in [1.29, 1.82) is 0 Å². The lowest BCUT2D eigenvalue weighted by Gasteiger charge is -2.13. The van der Waals surface area contributed by atoms with E-state index in [9.17, 15) is 4.79 Å². The molecule has 0 saturated carbocycles. The van der Waals surface area contributed by atoms with Crippen LogP contribution in [-0.4, -0.2) is 11.8 Å². The zero-order chi connectivity index (χ0) is 12.1. The molecule has 0 aromatic heterocycles. The van der Waals surface area contributed by atoms with Crippen molar-refractivity contribution in [2.24, 2.45) is 11.7 Å². The molecular weight excluding hydrogens is 222 g/mol. The van der Waals surface area contributed by atoms with Crippen molar-refractivity contribution in [3.63, 3.8) is 0 Å². The van der Waals surface area contributed by atoms with Gasteiger partial charge >= 0.3 is 0 Å². The first-order valence-electron chi connectivity index (χ1n) is 5.52. The Morgan fingerprint density at radius 2 is 2.00 bits per heavy atom. The van der Waals surface area contributed by atoms with Gasteiger partial charge in [-0.25, -0.2) is 0 Å². The number of hydrogen-bond donors (Lipinski definition) is 1. The molecule has 0 aliphatic carbocycles. The van der Waals surface area contributed by atoms with E-state index < -0.39 is 0 Å². The molecule has 0 radical (unpaired) electrons. The highest BCUT2D eigenvalue weighted by Crippen LogP contribution is 2.16. The summed E-state index contributed by atoms with van der Waals surface area (Å²) in [6.45, 7) is 4.12. The van der Waals surface area contributed by atoms with Gasteiger partial charge in [-0.2, -0.15) is 0 Å². The first-order valence-corrected chi connectivity index (χ1v) is 5.90. The standard InChI is InChI=1S/C13H18ClNO/c1-9(2)7-12(15)13(16)8-10-5-3-4-6-11(10)14/h3-6,9,12H,7-8,15H2,1-2H3. The zero-order valence-electron chi connectivity index (χ0n) is 9.74. The molecule has 1 unspecified atom stereocenters. The minimum Gasteiger partial charge on any atom is -0.321 e. The quantitative estimate of drug-likeness (QED) is 0.859. The lowest BCUT2D eigenvalue weighted by molar-refractivity contribution is -0.120. The van der Waals surface area contributed by atoms with Gasteiger partial charge < -0.3 is 5.73 Å². The zero-order valence-corrected chi connectivity index (χ0v) is 10.5. The largest absolute Gasteiger partial charge is 0.321 e. The van der Waals surface area contributed by atoms with Crippen molar-refractivity contribution in [2.75, 3.05) is 0 Å². The van der Waals surface area contributed by atoms with E-state index in [0.717, 1.165) is 12.0 Å². The molecule has 2 nitrogen and oxygen atoms in total. The van der Waals surface area contributed by atoms with E-state index in [2.05, 4.69) is 13.8 Å². The fourth-order valence-corrected chi connectivity index (χ4v) is 1.80. The summed E-state index contributed by atoms with van der Waals surface area (Å²) in [5.74, 6) is 0.493. The van der Waals surface area contributed by atoms with E-state index in [4.69, 9.17) is 17.3 Å². The van der Waals surface area contributed by atoms with Crippen LogP contribution in [0.15, 0.2) is 24.3 Å². The average molecular weight is 240 g/mol. The third-order valence-electron chi connectivity index (χ3n) is 2.46. The molecule has 1 atom stereocenters. The molecule has 0 aliphatic heterocycles. The second-order valence-electron chi connectivity index (χ2n) is 4.47. The van der Waals surface area contributed by atoms with Crippen molar-refractivity contribution < 1.29 is 4.79 Å². The van der Waals surface area contributed by atoms with Gasteiger partial charge in [0, 0.05) is 11.4 Å². The normalized spacial score (nSPS) is 12.8. The van der Waals surface area contributed by atoms with E-state index in [-0.39, 0.29) is 11.8 Å². The molecule has 88 valence electrons. The third-order valence-corrected chi connectivity index (χ3v) is 2.83. The molecule has 3 heteroatoms. The summed E-state index contributed by atoms with van der Waals surface area (Å²) in [6.07, 6.45) is 1.05. The van der Waals surface area contributed by atoms with Gasteiger partial charge in [-0.1, -0.05) is 43.6 Å². The maximum Gasteiger partial charge on any atom is 0.153 e. The summed E-state index contributed by atoms with van der Waals surface area (Å²) < 4.78 is 0. The molecule has 0 fully saturated rings. The first kappa shape index (κ1) is 13.2. The number of benzene rings is 1. The number of carbonyl (C=O) groups is 1.